The maximum Gasteiger partial charge on any atom is 0.109 e. The van der Waals surface area contributed by atoms with Crippen molar-refractivity contribution in [2.45, 2.75) is 13.0 Å². The van der Waals surface area contributed by atoms with E-state index in [1.54, 1.807) is 12.5 Å². The topological polar surface area (TPSA) is 51.3 Å². The summed E-state index contributed by atoms with van der Waals surface area (Å²) in [5, 5.41) is 8.09. The molecule has 0 atom stereocenters. The molecule has 0 N–H and O–H groups in total. The summed E-state index contributed by atoms with van der Waals surface area (Å²) in [7, 11) is 0. The summed E-state index contributed by atoms with van der Waals surface area (Å²) in [6, 6.07) is 3.82. The van der Waals surface area contributed by atoms with Crippen LogP contribution in [0.25, 0.3) is 0 Å². The zero-order valence-electron chi connectivity index (χ0n) is 8.05. The quantitative estimate of drug-likeness (QED) is 0.738. The van der Waals surface area contributed by atoms with Crippen LogP contribution in [0, 0.1) is 0 Å². The third-order valence-corrected chi connectivity index (χ3v) is 2.47. The van der Waals surface area contributed by atoms with Gasteiger partial charge in [-0.2, -0.15) is 10.2 Å². The van der Waals surface area contributed by atoms with Crippen molar-refractivity contribution in [1.82, 2.24) is 10.2 Å². The van der Waals surface area contributed by atoms with Gasteiger partial charge in [-0.15, -0.1) is 0 Å². The van der Waals surface area contributed by atoms with Crippen molar-refractivity contribution in [3.63, 3.8) is 0 Å². The molecule has 0 fully saturated rings. The minimum absolute atomic E-state index is 0.687. The van der Waals surface area contributed by atoms with Crippen molar-refractivity contribution < 1.29 is 4.42 Å². The summed E-state index contributed by atoms with van der Waals surface area (Å²) < 4.78 is 5.29. The molecule has 0 spiro atoms. The lowest BCUT2D eigenvalue weighted by atomic mass is 10.1. The molecule has 4 heteroatoms. The molecule has 0 amide bonds. The zero-order chi connectivity index (χ0) is 10.1. The van der Waals surface area contributed by atoms with Gasteiger partial charge < -0.3 is 4.42 Å². The van der Waals surface area contributed by atoms with Crippen LogP contribution in [0.4, 0.5) is 0 Å². The van der Waals surface area contributed by atoms with Gasteiger partial charge in [-0.1, -0.05) is 0 Å². The molecule has 1 aliphatic heterocycles. The summed E-state index contributed by atoms with van der Waals surface area (Å²) in [4.78, 5) is 4.21. The Morgan fingerprint density at radius 3 is 3.27 bits per heavy atom. The number of fused-ring (bicyclic) bond motifs is 1. The van der Waals surface area contributed by atoms with Gasteiger partial charge in [0.15, 0.2) is 0 Å². The maximum absolute atomic E-state index is 5.29. The molecule has 0 aliphatic carbocycles. The van der Waals surface area contributed by atoms with Gasteiger partial charge in [0, 0.05) is 17.3 Å². The number of aliphatic imine (C=N–C) groups is 1. The highest BCUT2D eigenvalue weighted by Gasteiger charge is 2.14. The van der Waals surface area contributed by atoms with Crippen LogP contribution in [0.15, 0.2) is 34.0 Å². The summed E-state index contributed by atoms with van der Waals surface area (Å²) >= 11 is 0. The lowest BCUT2D eigenvalue weighted by Crippen LogP contribution is -2.01. The fourth-order valence-electron chi connectivity index (χ4n) is 1.71. The molecule has 1 aliphatic rings. The molecule has 4 nitrogen and oxygen atoms in total. The second-order valence-electron chi connectivity index (χ2n) is 3.45. The predicted molar refractivity (Wildman–Crippen MR) is 54.8 cm³/mol. The predicted octanol–water partition coefficient (Wildman–Crippen LogP) is 1.59. The van der Waals surface area contributed by atoms with E-state index in [9.17, 15) is 0 Å². The van der Waals surface area contributed by atoms with Crippen molar-refractivity contribution in [2.75, 3.05) is 0 Å². The smallest absolute Gasteiger partial charge is 0.109 e. The van der Waals surface area contributed by atoms with Crippen LogP contribution in [-0.2, 0) is 13.0 Å². The van der Waals surface area contributed by atoms with Crippen molar-refractivity contribution >= 4 is 6.21 Å². The Labute approximate surface area is 86.7 Å². The first kappa shape index (κ1) is 8.35. The Bertz CT molecular complexity index is 503. The Morgan fingerprint density at radius 2 is 2.40 bits per heavy atom. The molecular weight excluding hydrogens is 190 g/mol. The van der Waals surface area contributed by atoms with Crippen molar-refractivity contribution in [3.8, 4) is 0 Å². The summed E-state index contributed by atoms with van der Waals surface area (Å²) in [5.41, 5.74) is 3.20. The van der Waals surface area contributed by atoms with Crippen LogP contribution in [0.5, 0.6) is 0 Å². The number of aromatic nitrogens is 2. The molecule has 2 aromatic heterocycles. The van der Waals surface area contributed by atoms with E-state index in [0.29, 0.717) is 13.0 Å². The summed E-state index contributed by atoms with van der Waals surface area (Å²) in [6.45, 7) is 0.709. The molecule has 74 valence electrons. The van der Waals surface area contributed by atoms with Crippen LogP contribution >= 0.6 is 0 Å². The Hall–Kier alpha value is -1.97. The van der Waals surface area contributed by atoms with Gasteiger partial charge in [0.1, 0.15) is 5.76 Å². The van der Waals surface area contributed by atoms with E-state index in [2.05, 4.69) is 15.2 Å². The summed E-state index contributed by atoms with van der Waals surface area (Å²) in [5.74, 6) is 0.907. The Morgan fingerprint density at radius 1 is 1.40 bits per heavy atom. The molecule has 2 aromatic rings. The first-order valence-electron chi connectivity index (χ1n) is 4.79. The van der Waals surface area contributed by atoms with Crippen LogP contribution in [-0.4, -0.2) is 16.4 Å². The van der Waals surface area contributed by atoms with Gasteiger partial charge in [-0.05, 0) is 12.1 Å². The summed E-state index contributed by atoms with van der Waals surface area (Å²) in [6.07, 6.45) is 5.95. The molecule has 0 saturated carbocycles. The molecular formula is C11H9N3O. The highest BCUT2D eigenvalue weighted by molar-refractivity contribution is 5.84. The van der Waals surface area contributed by atoms with E-state index in [0.717, 1.165) is 17.0 Å². The highest BCUT2D eigenvalue weighted by Crippen LogP contribution is 2.18. The second kappa shape index (κ2) is 3.31. The van der Waals surface area contributed by atoms with Crippen molar-refractivity contribution in [3.05, 3.63) is 47.2 Å². The molecule has 0 bridgehead atoms. The molecule has 0 aromatic carbocycles. The fourth-order valence-corrected chi connectivity index (χ4v) is 1.71. The lowest BCUT2D eigenvalue weighted by Gasteiger charge is -2.02. The molecule has 0 unspecified atom stereocenters. The van der Waals surface area contributed by atoms with E-state index in [-0.39, 0.29) is 0 Å². The van der Waals surface area contributed by atoms with E-state index in [4.69, 9.17) is 4.42 Å². The average Bonchev–Trinajstić information content (AvgIpc) is 2.87. The minimum atomic E-state index is 0.687. The van der Waals surface area contributed by atoms with Gasteiger partial charge in [0.2, 0.25) is 0 Å². The molecule has 0 saturated heterocycles. The van der Waals surface area contributed by atoms with Gasteiger partial charge in [-0.3, -0.25) is 4.99 Å². The van der Waals surface area contributed by atoms with Gasteiger partial charge in [0.05, 0.1) is 31.1 Å². The van der Waals surface area contributed by atoms with E-state index in [1.807, 2.05) is 18.3 Å². The number of nitrogens with zero attached hydrogens (tertiary/aromatic N) is 3. The molecule has 15 heavy (non-hydrogen) atoms. The zero-order valence-corrected chi connectivity index (χ0v) is 8.05. The minimum Gasteiger partial charge on any atom is -0.469 e. The number of hydrogen-bond acceptors (Lipinski definition) is 4. The van der Waals surface area contributed by atoms with Gasteiger partial charge in [0.25, 0.3) is 0 Å². The SMILES string of the molecule is C1=NCc2c1cnnc2Cc1ccco1. The Kier molecular flexibility index (Phi) is 1.84. The molecule has 3 rings (SSSR count). The fraction of sp³-hybridized carbons (Fsp3) is 0.182. The first-order valence-corrected chi connectivity index (χ1v) is 4.79. The highest BCUT2D eigenvalue weighted by atomic mass is 16.3. The van der Waals surface area contributed by atoms with E-state index < -0.39 is 0 Å². The van der Waals surface area contributed by atoms with Gasteiger partial charge in [-0.25, -0.2) is 0 Å². The standard InChI is InChI=1S/C11H9N3O/c1-2-9(15-3-1)4-11-10-7-12-5-8(10)6-13-14-11/h1-3,5-6H,4,7H2. The molecule has 3 heterocycles. The number of hydrogen-bond donors (Lipinski definition) is 0. The number of rotatable bonds is 2. The second-order valence-corrected chi connectivity index (χ2v) is 3.45. The Balaban J connectivity index is 1.97. The van der Waals surface area contributed by atoms with Crippen molar-refractivity contribution in [2.24, 2.45) is 4.99 Å². The first-order chi connectivity index (χ1) is 7.43. The largest absolute Gasteiger partial charge is 0.469 e. The van der Waals surface area contributed by atoms with Crippen LogP contribution in [0.3, 0.4) is 0 Å². The normalized spacial score (nSPS) is 13.1. The van der Waals surface area contributed by atoms with Crippen LogP contribution in [0.1, 0.15) is 22.6 Å². The van der Waals surface area contributed by atoms with Crippen LogP contribution in [0.2, 0.25) is 0 Å². The lowest BCUT2D eigenvalue weighted by molar-refractivity contribution is 0.517. The number of furan rings is 1. The van der Waals surface area contributed by atoms with Gasteiger partial charge >= 0.3 is 0 Å². The van der Waals surface area contributed by atoms with E-state index in [1.165, 1.54) is 5.56 Å². The maximum atomic E-state index is 5.29. The average molecular weight is 199 g/mol. The van der Waals surface area contributed by atoms with Crippen molar-refractivity contribution in [1.29, 1.82) is 0 Å². The molecule has 0 radical (unpaired) electrons. The monoisotopic (exact) mass is 199 g/mol. The third-order valence-electron chi connectivity index (χ3n) is 2.47. The van der Waals surface area contributed by atoms with E-state index >= 15 is 0 Å². The van der Waals surface area contributed by atoms with Crippen LogP contribution < -0.4 is 0 Å². The third kappa shape index (κ3) is 1.44.